The Morgan fingerprint density at radius 2 is 0.929 bits per heavy atom. The number of anilines is 4. The number of unbranched alkanes of at least 4 members (excludes halogenated alkanes) is 8. The molecule has 2 aromatic carbocycles. The van der Waals surface area contributed by atoms with E-state index in [1.165, 1.54) is 0 Å². The zero-order valence-electron chi connectivity index (χ0n) is 25.6. The highest BCUT2D eigenvalue weighted by molar-refractivity contribution is 5.85. The number of hydrogen-bond acceptors (Lipinski definition) is 6. The number of carbonyl (C=O) groups is 2. The number of ether oxygens (including phenoxy) is 2. The van der Waals surface area contributed by atoms with E-state index in [4.69, 9.17) is 9.47 Å². The van der Waals surface area contributed by atoms with Gasteiger partial charge in [-0.2, -0.15) is 0 Å². The van der Waals surface area contributed by atoms with Crippen LogP contribution in [0.1, 0.15) is 64.2 Å². The van der Waals surface area contributed by atoms with Gasteiger partial charge in [-0.3, -0.25) is 10.6 Å². The van der Waals surface area contributed by atoms with Gasteiger partial charge in [0.05, 0.1) is 13.2 Å². The number of rotatable bonds is 16. The normalized spacial score (nSPS) is 9.90. The number of carbonyl (C=O) groups excluding carboxylic acids is 2. The lowest BCUT2D eigenvalue weighted by atomic mass is 10.1. The zero-order valence-corrected chi connectivity index (χ0v) is 25.6. The molecule has 0 atom stereocenters. The molecule has 0 aromatic heterocycles. The number of hydrogen-bond donors (Lipinski definition) is 2. The molecule has 2 N–H and O–H groups in total. The Morgan fingerprint density at radius 3 is 1.29 bits per heavy atom. The van der Waals surface area contributed by atoms with Crippen molar-refractivity contribution in [2.45, 2.75) is 64.2 Å². The highest BCUT2D eigenvalue weighted by Crippen LogP contribution is 2.17. The highest BCUT2D eigenvalue weighted by atomic mass is 16.6. The van der Waals surface area contributed by atoms with Crippen LogP contribution in [0, 0.1) is 23.7 Å². The van der Waals surface area contributed by atoms with Gasteiger partial charge >= 0.3 is 12.2 Å². The van der Waals surface area contributed by atoms with E-state index in [9.17, 15) is 9.59 Å². The lowest BCUT2D eigenvalue weighted by Crippen LogP contribution is -2.14. The van der Waals surface area contributed by atoms with Crippen LogP contribution in [-0.4, -0.2) is 53.6 Å². The smallest absolute Gasteiger partial charge is 0.411 e. The molecule has 2 amide bonds. The molecule has 2 rings (SSSR count). The first kappa shape index (κ1) is 33.9. The molecule has 0 unspecified atom stereocenters. The van der Waals surface area contributed by atoms with Gasteiger partial charge in [-0.25, -0.2) is 9.59 Å². The quantitative estimate of drug-likeness (QED) is 0.159. The van der Waals surface area contributed by atoms with E-state index >= 15 is 0 Å². The number of amides is 2. The molecule has 0 aliphatic heterocycles. The summed E-state index contributed by atoms with van der Waals surface area (Å²) in [6.45, 7) is 0.820. The maximum absolute atomic E-state index is 11.9. The van der Waals surface area contributed by atoms with Crippen LogP contribution < -0.4 is 20.4 Å². The molecule has 0 radical (unpaired) electrons. The van der Waals surface area contributed by atoms with E-state index in [0.29, 0.717) is 13.2 Å². The third kappa shape index (κ3) is 15.5. The number of benzene rings is 2. The SMILES string of the molecule is CN(C)c1ccc(NC(=O)OCCCCCCC#CC#CCCCCCCOC(=O)Nc2ccc(N(C)C)cc2)cc1. The van der Waals surface area contributed by atoms with Crippen LogP contribution in [0.25, 0.3) is 0 Å². The molecule has 0 heterocycles. The lowest BCUT2D eigenvalue weighted by Gasteiger charge is -2.13. The van der Waals surface area contributed by atoms with Crippen LogP contribution in [0.2, 0.25) is 0 Å². The van der Waals surface area contributed by atoms with Gasteiger partial charge in [0.1, 0.15) is 0 Å². The summed E-state index contributed by atoms with van der Waals surface area (Å²) in [6, 6.07) is 15.2. The first-order valence-corrected chi connectivity index (χ1v) is 14.7. The van der Waals surface area contributed by atoms with Crippen molar-refractivity contribution in [3.8, 4) is 23.7 Å². The third-order valence-corrected chi connectivity index (χ3v) is 6.36. The summed E-state index contributed by atoms with van der Waals surface area (Å²) in [4.78, 5) is 27.8. The molecular weight excluding hydrogens is 528 g/mol. The average molecular weight is 575 g/mol. The molecule has 0 bridgehead atoms. The average Bonchev–Trinajstić information content (AvgIpc) is 2.97. The Morgan fingerprint density at radius 1 is 0.571 bits per heavy atom. The third-order valence-electron chi connectivity index (χ3n) is 6.36. The summed E-state index contributed by atoms with van der Waals surface area (Å²) in [5, 5.41) is 5.49. The highest BCUT2D eigenvalue weighted by Gasteiger charge is 2.05. The Hall–Kier alpha value is -4.30. The second-order valence-electron chi connectivity index (χ2n) is 10.3. The minimum atomic E-state index is -0.423. The zero-order chi connectivity index (χ0) is 30.4. The first-order valence-electron chi connectivity index (χ1n) is 14.7. The fourth-order valence-corrected chi connectivity index (χ4v) is 3.87. The summed E-state index contributed by atoms with van der Waals surface area (Å²) in [5.74, 6) is 12.1. The molecule has 226 valence electrons. The molecule has 8 heteroatoms. The minimum Gasteiger partial charge on any atom is -0.449 e. The molecule has 8 nitrogen and oxygen atoms in total. The van der Waals surface area contributed by atoms with Crippen LogP contribution >= 0.6 is 0 Å². The molecule has 0 spiro atoms. The Kier molecular flexibility index (Phi) is 16.6. The first-order chi connectivity index (χ1) is 20.3. The van der Waals surface area contributed by atoms with Crippen molar-refractivity contribution < 1.29 is 19.1 Å². The maximum atomic E-state index is 11.9. The van der Waals surface area contributed by atoms with Gasteiger partial charge in [-0.15, -0.1) is 0 Å². The van der Waals surface area contributed by atoms with Crippen LogP contribution in [0.5, 0.6) is 0 Å². The molecule has 0 fully saturated rings. The lowest BCUT2D eigenvalue weighted by molar-refractivity contribution is 0.158. The topological polar surface area (TPSA) is 83.1 Å². The predicted octanol–water partition coefficient (Wildman–Crippen LogP) is 7.52. The van der Waals surface area contributed by atoms with Crippen molar-refractivity contribution in [1.82, 2.24) is 0 Å². The van der Waals surface area contributed by atoms with Crippen LogP contribution in [0.15, 0.2) is 48.5 Å². The van der Waals surface area contributed by atoms with E-state index in [-0.39, 0.29) is 0 Å². The fourth-order valence-electron chi connectivity index (χ4n) is 3.87. The summed E-state index contributed by atoms with van der Waals surface area (Å²) in [7, 11) is 7.89. The molecule has 0 saturated carbocycles. The second kappa shape index (κ2) is 20.6. The van der Waals surface area contributed by atoms with Crippen molar-refractivity contribution in [3.63, 3.8) is 0 Å². The van der Waals surface area contributed by atoms with Crippen LogP contribution in [0.3, 0.4) is 0 Å². The van der Waals surface area contributed by atoms with Crippen molar-refractivity contribution >= 4 is 34.9 Å². The van der Waals surface area contributed by atoms with E-state index in [2.05, 4.69) is 34.3 Å². The van der Waals surface area contributed by atoms with Crippen molar-refractivity contribution in [1.29, 1.82) is 0 Å². The van der Waals surface area contributed by atoms with E-state index in [1.54, 1.807) is 0 Å². The minimum absolute atomic E-state index is 0.410. The Balaban J connectivity index is 1.37. The van der Waals surface area contributed by atoms with Gasteiger partial charge in [0.25, 0.3) is 0 Å². The summed E-state index contributed by atoms with van der Waals surface area (Å²) in [5.41, 5.74) is 3.59. The van der Waals surface area contributed by atoms with Crippen molar-refractivity contribution in [3.05, 3.63) is 48.5 Å². The summed E-state index contributed by atoms with van der Waals surface area (Å²) < 4.78 is 10.5. The van der Waals surface area contributed by atoms with E-state index in [1.807, 2.05) is 86.5 Å². The van der Waals surface area contributed by atoms with E-state index in [0.717, 1.165) is 87.0 Å². The molecule has 2 aromatic rings. The largest absolute Gasteiger partial charge is 0.449 e. The Bertz CT molecular complexity index is 1090. The molecule has 0 aliphatic rings. The molecule has 42 heavy (non-hydrogen) atoms. The summed E-state index contributed by atoms with van der Waals surface area (Å²) in [6.07, 6.45) is 8.62. The molecular formula is C34H46N4O4. The standard InChI is InChI=1S/C34H46N4O4/c1-37(2)31-23-19-29(20-24-31)35-33(39)41-27-17-15-13-11-9-7-5-6-8-10-12-14-16-18-28-42-34(40)36-30-21-25-32(26-22-30)38(3)4/h19-26H,9-18,27-28H2,1-4H3,(H,35,39)(H,36,40). The van der Waals surface area contributed by atoms with Crippen LogP contribution in [0.4, 0.5) is 32.3 Å². The number of nitrogens with one attached hydrogen (secondary N) is 2. The van der Waals surface area contributed by atoms with Gasteiger partial charge in [-0.1, -0.05) is 37.5 Å². The summed E-state index contributed by atoms with van der Waals surface area (Å²) >= 11 is 0. The van der Waals surface area contributed by atoms with Crippen molar-refractivity contribution in [2.75, 3.05) is 61.8 Å². The second-order valence-corrected chi connectivity index (χ2v) is 10.3. The van der Waals surface area contributed by atoms with Gasteiger partial charge in [0, 0.05) is 63.8 Å². The molecule has 0 aliphatic carbocycles. The fraction of sp³-hybridized carbons (Fsp3) is 0.471. The van der Waals surface area contributed by atoms with Gasteiger partial charge in [-0.05, 0) is 86.1 Å². The maximum Gasteiger partial charge on any atom is 0.411 e. The van der Waals surface area contributed by atoms with Gasteiger partial charge in [0.2, 0.25) is 0 Å². The predicted molar refractivity (Wildman–Crippen MR) is 173 cm³/mol. The van der Waals surface area contributed by atoms with E-state index < -0.39 is 12.2 Å². The van der Waals surface area contributed by atoms with Gasteiger partial charge < -0.3 is 19.3 Å². The van der Waals surface area contributed by atoms with Crippen molar-refractivity contribution in [2.24, 2.45) is 0 Å². The van der Waals surface area contributed by atoms with Crippen LogP contribution in [-0.2, 0) is 9.47 Å². The Labute approximate surface area is 252 Å². The molecule has 0 saturated heterocycles. The monoisotopic (exact) mass is 574 g/mol. The number of nitrogens with zero attached hydrogens (tertiary/aromatic N) is 2. The van der Waals surface area contributed by atoms with Gasteiger partial charge in [0.15, 0.2) is 0 Å².